The van der Waals surface area contributed by atoms with E-state index in [1.165, 1.54) is 17.4 Å². The Labute approximate surface area is 144 Å². The van der Waals surface area contributed by atoms with Crippen molar-refractivity contribution in [1.82, 2.24) is 15.2 Å². The molecule has 3 saturated heterocycles. The molecule has 3 fully saturated rings. The van der Waals surface area contributed by atoms with E-state index in [1.807, 2.05) is 6.92 Å². The largest absolute Gasteiger partial charge is 0.346 e. The van der Waals surface area contributed by atoms with Gasteiger partial charge in [-0.05, 0) is 44.8 Å². The molecule has 1 aromatic carbocycles. The molecule has 4 heterocycles. The van der Waals surface area contributed by atoms with Crippen molar-refractivity contribution in [2.75, 3.05) is 19.6 Å². The van der Waals surface area contributed by atoms with Gasteiger partial charge in [0.05, 0.1) is 10.6 Å². The molecule has 1 amide bonds. The first-order valence-corrected chi connectivity index (χ1v) is 9.19. The van der Waals surface area contributed by atoms with E-state index in [1.54, 1.807) is 18.2 Å². The normalized spacial score (nSPS) is 25.7. The minimum Gasteiger partial charge on any atom is -0.346 e. The number of halogens is 1. The molecule has 3 aliphatic heterocycles. The fourth-order valence-electron chi connectivity index (χ4n) is 3.75. The number of fused-ring (bicyclic) bond motifs is 3. The molecule has 1 aromatic heterocycles. The number of piperidine rings is 3. The van der Waals surface area contributed by atoms with Crippen molar-refractivity contribution in [3.8, 4) is 10.4 Å². The molecule has 4 nitrogen and oxygen atoms in total. The van der Waals surface area contributed by atoms with Crippen LogP contribution in [-0.4, -0.2) is 41.5 Å². The SMILES string of the molecule is Cc1nc(C(=O)NC2CN3CCC2CC3)sc1-c1ccccc1F. The summed E-state index contributed by atoms with van der Waals surface area (Å²) in [5.74, 6) is 0.157. The quantitative estimate of drug-likeness (QED) is 0.930. The lowest BCUT2D eigenvalue weighted by molar-refractivity contribution is 0.0620. The molecule has 0 aliphatic carbocycles. The Balaban J connectivity index is 1.54. The number of nitrogens with zero attached hydrogens (tertiary/aromatic N) is 2. The molecule has 0 saturated carbocycles. The average molecular weight is 345 g/mol. The number of nitrogens with one attached hydrogen (secondary N) is 1. The van der Waals surface area contributed by atoms with Gasteiger partial charge in [0.15, 0.2) is 5.01 Å². The fraction of sp³-hybridized carbons (Fsp3) is 0.444. The summed E-state index contributed by atoms with van der Waals surface area (Å²) in [7, 11) is 0. The number of hydrogen-bond donors (Lipinski definition) is 1. The van der Waals surface area contributed by atoms with Crippen molar-refractivity contribution in [2.24, 2.45) is 5.92 Å². The van der Waals surface area contributed by atoms with Gasteiger partial charge in [-0.25, -0.2) is 9.37 Å². The van der Waals surface area contributed by atoms with Gasteiger partial charge in [0.25, 0.3) is 5.91 Å². The molecule has 1 unspecified atom stereocenters. The number of rotatable bonds is 3. The number of carbonyl (C=O) groups excluding carboxylic acids is 1. The van der Waals surface area contributed by atoms with Crippen LogP contribution in [0, 0.1) is 18.7 Å². The van der Waals surface area contributed by atoms with Crippen LogP contribution < -0.4 is 5.32 Å². The van der Waals surface area contributed by atoms with E-state index in [9.17, 15) is 9.18 Å². The second-order valence-electron chi connectivity index (χ2n) is 6.63. The maximum atomic E-state index is 14.0. The van der Waals surface area contributed by atoms with Gasteiger partial charge in [0.2, 0.25) is 0 Å². The molecule has 1 N–H and O–H groups in total. The highest BCUT2D eigenvalue weighted by atomic mass is 32.1. The Morgan fingerprint density at radius 2 is 2.08 bits per heavy atom. The topological polar surface area (TPSA) is 45.2 Å². The first-order chi connectivity index (χ1) is 11.6. The zero-order chi connectivity index (χ0) is 16.7. The number of amides is 1. The smallest absolute Gasteiger partial charge is 0.280 e. The molecule has 5 rings (SSSR count). The monoisotopic (exact) mass is 345 g/mol. The van der Waals surface area contributed by atoms with Gasteiger partial charge in [0.1, 0.15) is 5.82 Å². The Morgan fingerprint density at radius 1 is 1.33 bits per heavy atom. The Hall–Kier alpha value is -1.79. The molecule has 3 aliphatic rings. The molecule has 6 heteroatoms. The van der Waals surface area contributed by atoms with Crippen molar-refractivity contribution in [1.29, 1.82) is 0 Å². The van der Waals surface area contributed by atoms with E-state index < -0.39 is 0 Å². The van der Waals surface area contributed by atoms with Crippen LogP contribution in [0.3, 0.4) is 0 Å². The van der Waals surface area contributed by atoms with Crippen molar-refractivity contribution in [3.05, 3.63) is 40.8 Å². The standard InChI is InChI=1S/C18H20FN3OS/c1-11-16(13-4-2-3-5-14(13)19)24-18(20-11)17(23)21-15-10-22-8-6-12(15)7-9-22/h2-5,12,15H,6-10H2,1H3,(H,21,23). The van der Waals surface area contributed by atoms with Crippen molar-refractivity contribution >= 4 is 17.2 Å². The lowest BCUT2D eigenvalue weighted by Gasteiger charge is -2.44. The molecule has 1 atom stereocenters. The van der Waals surface area contributed by atoms with E-state index in [2.05, 4.69) is 15.2 Å². The molecule has 126 valence electrons. The minimum absolute atomic E-state index is 0.135. The lowest BCUT2D eigenvalue weighted by atomic mass is 9.84. The highest BCUT2D eigenvalue weighted by Gasteiger charge is 2.35. The third-order valence-electron chi connectivity index (χ3n) is 5.08. The third kappa shape index (κ3) is 2.84. The van der Waals surface area contributed by atoms with E-state index in [0.717, 1.165) is 37.4 Å². The average Bonchev–Trinajstić information content (AvgIpc) is 2.98. The third-order valence-corrected chi connectivity index (χ3v) is 6.27. The van der Waals surface area contributed by atoms with Crippen LogP contribution in [0.2, 0.25) is 0 Å². The molecule has 24 heavy (non-hydrogen) atoms. The van der Waals surface area contributed by atoms with Crippen LogP contribution in [0.15, 0.2) is 24.3 Å². The second kappa shape index (κ2) is 6.26. The van der Waals surface area contributed by atoms with Crippen LogP contribution in [-0.2, 0) is 0 Å². The minimum atomic E-state index is -0.284. The van der Waals surface area contributed by atoms with E-state index >= 15 is 0 Å². The molecular formula is C18H20FN3OS. The summed E-state index contributed by atoms with van der Waals surface area (Å²) >= 11 is 1.27. The zero-order valence-corrected chi connectivity index (χ0v) is 14.4. The predicted molar refractivity (Wildman–Crippen MR) is 92.7 cm³/mol. The van der Waals surface area contributed by atoms with Gasteiger partial charge < -0.3 is 10.2 Å². The summed E-state index contributed by atoms with van der Waals surface area (Å²) in [5.41, 5.74) is 1.21. The van der Waals surface area contributed by atoms with Gasteiger partial charge in [-0.3, -0.25) is 4.79 Å². The van der Waals surface area contributed by atoms with Crippen LogP contribution >= 0.6 is 11.3 Å². The lowest BCUT2D eigenvalue weighted by Crippen LogP contribution is -2.57. The van der Waals surface area contributed by atoms with E-state index in [0.29, 0.717) is 22.2 Å². The number of benzene rings is 1. The van der Waals surface area contributed by atoms with Gasteiger partial charge >= 0.3 is 0 Å². The van der Waals surface area contributed by atoms with Crippen LogP contribution in [0.5, 0.6) is 0 Å². The second-order valence-corrected chi connectivity index (χ2v) is 7.63. The first kappa shape index (κ1) is 15.7. The van der Waals surface area contributed by atoms with Gasteiger partial charge in [-0.15, -0.1) is 11.3 Å². The van der Waals surface area contributed by atoms with Gasteiger partial charge in [0, 0.05) is 18.2 Å². The Kier molecular flexibility index (Phi) is 4.10. The van der Waals surface area contributed by atoms with Gasteiger partial charge in [-0.1, -0.05) is 18.2 Å². The summed E-state index contributed by atoms with van der Waals surface area (Å²) in [6.45, 7) is 5.04. The van der Waals surface area contributed by atoms with E-state index in [4.69, 9.17) is 0 Å². The maximum absolute atomic E-state index is 14.0. The summed E-state index contributed by atoms with van der Waals surface area (Å²) in [5, 5.41) is 3.57. The maximum Gasteiger partial charge on any atom is 0.280 e. The highest BCUT2D eigenvalue weighted by Crippen LogP contribution is 2.32. The van der Waals surface area contributed by atoms with Crippen molar-refractivity contribution < 1.29 is 9.18 Å². The molecule has 0 spiro atoms. The number of aryl methyl sites for hydroxylation is 1. The highest BCUT2D eigenvalue weighted by molar-refractivity contribution is 7.17. The summed E-state index contributed by atoms with van der Waals surface area (Å²) < 4.78 is 14.0. The van der Waals surface area contributed by atoms with Crippen LogP contribution in [0.4, 0.5) is 4.39 Å². The Bertz CT molecular complexity index is 767. The number of thiazole rings is 1. The number of carbonyl (C=O) groups is 1. The van der Waals surface area contributed by atoms with Crippen LogP contribution in [0.1, 0.15) is 28.3 Å². The van der Waals surface area contributed by atoms with Gasteiger partial charge in [-0.2, -0.15) is 0 Å². The van der Waals surface area contributed by atoms with Crippen molar-refractivity contribution in [2.45, 2.75) is 25.8 Å². The molecule has 2 bridgehead atoms. The summed E-state index contributed by atoms with van der Waals surface area (Å²) in [6, 6.07) is 6.83. The first-order valence-electron chi connectivity index (χ1n) is 8.37. The summed E-state index contributed by atoms with van der Waals surface area (Å²) in [6.07, 6.45) is 2.31. The van der Waals surface area contributed by atoms with E-state index in [-0.39, 0.29) is 17.8 Å². The number of hydrogen-bond acceptors (Lipinski definition) is 4. The Morgan fingerprint density at radius 3 is 2.75 bits per heavy atom. The predicted octanol–water partition coefficient (Wildman–Crippen LogP) is 3.08. The van der Waals surface area contributed by atoms with Crippen LogP contribution in [0.25, 0.3) is 10.4 Å². The fourth-order valence-corrected chi connectivity index (χ4v) is 4.74. The molecule has 2 aromatic rings. The zero-order valence-electron chi connectivity index (χ0n) is 13.6. The summed E-state index contributed by atoms with van der Waals surface area (Å²) in [4.78, 5) is 20.1. The van der Waals surface area contributed by atoms with Crippen molar-refractivity contribution in [3.63, 3.8) is 0 Å². The molecule has 0 radical (unpaired) electrons. The molecular weight excluding hydrogens is 325 g/mol. The number of aromatic nitrogens is 1.